The van der Waals surface area contributed by atoms with Gasteiger partial charge in [0.1, 0.15) is 16.7 Å². The third-order valence-corrected chi connectivity index (χ3v) is 6.76. The smallest absolute Gasteiger partial charge is 0.218 e. The van der Waals surface area contributed by atoms with Crippen LogP contribution in [0.5, 0.6) is 0 Å². The molecular formula is C20H16Cl2N2O3S. The van der Waals surface area contributed by atoms with Crippen molar-refractivity contribution < 1.29 is 12.8 Å². The maximum atomic E-state index is 12.9. The van der Waals surface area contributed by atoms with Gasteiger partial charge in [-0.15, -0.1) is 0 Å². The highest BCUT2D eigenvalue weighted by Crippen LogP contribution is 2.31. The summed E-state index contributed by atoms with van der Waals surface area (Å²) < 4.78 is 33.3. The van der Waals surface area contributed by atoms with Crippen molar-refractivity contribution in [2.45, 2.75) is 25.3 Å². The highest BCUT2D eigenvalue weighted by Gasteiger charge is 2.25. The van der Waals surface area contributed by atoms with Crippen molar-refractivity contribution in [2.75, 3.05) is 0 Å². The van der Waals surface area contributed by atoms with E-state index in [0.717, 1.165) is 17.1 Å². The number of aryl methyl sites for hydroxylation is 1. The van der Waals surface area contributed by atoms with Crippen molar-refractivity contribution in [2.24, 2.45) is 0 Å². The number of benzene rings is 1. The van der Waals surface area contributed by atoms with Gasteiger partial charge >= 0.3 is 0 Å². The van der Waals surface area contributed by atoms with Crippen molar-refractivity contribution in [3.05, 3.63) is 80.3 Å². The normalized spacial score (nSPS) is 12.2. The third kappa shape index (κ3) is 3.88. The van der Waals surface area contributed by atoms with E-state index in [0.29, 0.717) is 12.1 Å². The van der Waals surface area contributed by atoms with Gasteiger partial charge in [-0.25, -0.2) is 8.42 Å². The minimum Gasteiger partial charge on any atom is -0.467 e. The number of aromatic nitrogens is 1. The molecule has 1 aromatic carbocycles. The Kier molecular flexibility index (Phi) is 5.71. The van der Waals surface area contributed by atoms with Gasteiger partial charge < -0.3 is 8.98 Å². The van der Waals surface area contributed by atoms with E-state index in [1.807, 2.05) is 30.5 Å². The Bertz CT molecular complexity index is 1200. The summed E-state index contributed by atoms with van der Waals surface area (Å²) in [5.74, 6) is 0.774. The molecule has 0 saturated heterocycles. The standard InChI is InChI=1S/C20H16Cl2N2O3S/c1-13-8-15(14(2)24(13)12-17-4-3-7-27-17)9-18(11-23)28(25,26)20-10-16(21)5-6-19(20)22/h3-10H,12H2,1-2H3/b18-9+. The number of allylic oxidation sites excluding steroid dienone is 1. The first-order valence-corrected chi connectivity index (χ1v) is 10.5. The minimum absolute atomic E-state index is 0.00819. The van der Waals surface area contributed by atoms with Crippen LogP contribution in [0.1, 0.15) is 22.7 Å². The van der Waals surface area contributed by atoms with Crippen LogP contribution in [0.4, 0.5) is 0 Å². The van der Waals surface area contributed by atoms with Crippen LogP contribution in [0, 0.1) is 25.2 Å². The molecule has 0 bridgehead atoms. The molecule has 3 rings (SSSR count). The molecule has 0 radical (unpaired) electrons. The first-order valence-electron chi connectivity index (χ1n) is 8.25. The van der Waals surface area contributed by atoms with Gasteiger partial charge in [0, 0.05) is 16.4 Å². The molecule has 8 heteroatoms. The molecule has 0 aliphatic rings. The van der Waals surface area contributed by atoms with E-state index in [9.17, 15) is 13.7 Å². The lowest BCUT2D eigenvalue weighted by molar-refractivity contribution is 0.489. The summed E-state index contributed by atoms with van der Waals surface area (Å²) in [5.41, 5.74) is 2.35. The fourth-order valence-electron chi connectivity index (χ4n) is 2.89. The molecule has 0 N–H and O–H groups in total. The Labute approximate surface area is 173 Å². The van der Waals surface area contributed by atoms with Crippen LogP contribution in [0.2, 0.25) is 10.0 Å². The molecule has 0 spiro atoms. The lowest BCUT2D eigenvalue weighted by atomic mass is 10.2. The van der Waals surface area contributed by atoms with E-state index in [4.69, 9.17) is 27.6 Å². The number of hydrogen-bond donors (Lipinski definition) is 0. The molecule has 2 heterocycles. The summed E-state index contributed by atoms with van der Waals surface area (Å²) in [6.45, 7) is 4.27. The molecule has 3 aromatic rings. The molecule has 0 aliphatic heterocycles. The first-order chi connectivity index (χ1) is 13.2. The summed E-state index contributed by atoms with van der Waals surface area (Å²) in [6, 6.07) is 11.4. The zero-order chi connectivity index (χ0) is 20.5. The third-order valence-electron chi connectivity index (χ3n) is 4.38. The van der Waals surface area contributed by atoms with E-state index in [1.54, 1.807) is 18.4 Å². The van der Waals surface area contributed by atoms with Gasteiger partial charge in [-0.3, -0.25) is 0 Å². The van der Waals surface area contributed by atoms with Crippen LogP contribution in [-0.2, 0) is 16.4 Å². The molecule has 0 fully saturated rings. The minimum atomic E-state index is -4.12. The van der Waals surface area contributed by atoms with Gasteiger partial charge in [-0.1, -0.05) is 23.2 Å². The van der Waals surface area contributed by atoms with Gasteiger partial charge in [0.15, 0.2) is 0 Å². The molecular weight excluding hydrogens is 419 g/mol. The monoisotopic (exact) mass is 434 g/mol. The van der Waals surface area contributed by atoms with E-state index in [1.165, 1.54) is 24.3 Å². The summed E-state index contributed by atoms with van der Waals surface area (Å²) >= 11 is 11.9. The zero-order valence-corrected chi connectivity index (χ0v) is 17.4. The lowest BCUT2D eigenvalue weighted by Crippen LogP contribution is -2.05. The van der Waals surface area contributed by atoms with E-state index in [-0.39, 0.29) is 14.9 Å². The van der Waals surface area contributed by atoms with Crippen LogP contribution in [-0.4, -0.2) is 13.0 Å². The van der Waals surface area contributed by atoms with Crippen molar-refractivity contribution in [1.29, 1.82) is 5.26 Å². The maximum Gasteiger partial charge on any atom is 0.218 e. The quantitative estimate of drug-likeness (QED) is 0.504. The fourth-order valence-corrected chi connectivity index (χ4v) is 4.79. The van der Waals surface area contributed by atoms with Gasteiger partial charge in [0.2, 0.25) is 9.84 Å². The predicted octanol–water partition coefficient (Wildman–Crippen LogP) is 5.39. The van der Waals surface area contributed by atoms with E-state index >= 15 is 0 Å². The molecule has 0 aliphatic carbocycles. The molecule has 144 valence electrons. The second kappa shape index (κ2) is 7.88. The number of nitriles is 1. The molecule has 5 nitrogen and oxygen atoms in total. The second-order valence-corrected chi connectivity index (χ2v) is 8.92. The highest BCUT2D eigenvalue weighted by molar-refractivity contribution is 7.95. The average Bonchev–Trinajstić information content (AvgIpc) is 3.25. The molecule has 2 aromatic heterocycles. The number of rotatable bonds is 5. The number of nitrogens with zero attached hydrogens (tertiary/aromatic N) is 2. The van der Waals surface area contributed by atoms with E-state index in [2.05, 4.69) is 0 Å². The lowest BCUT2D eigenvalue weighted by Gasteiger charge is -2.08. The van der Waals surface area contributed by atoms with Crippen LogP contribution in [0.15, 0.2) is 56.9 Å². The van der Waals surface area contributed by atoms with Crippen molar-refractivity contribution in [3.63, 3.8) is 0 Å². The summed E-state index contributed by atoms with van der Waals surface area (Å²) in [6.07, 6.45) is 2.95. The van der Waals surface area contributed by atoms with E-state index < -0.39 is 14.7 Å². The van der Waals surface area contributed by atoms with Gasteiger partial charge in [-0.05, 0) is 61.9 Å². The second-order valence-electron chi connectivity index (χ2n) is 6.19. The van der Waals surface area contributed by atoms with Gasteiger partial charge in [-0.2, -0.15) is 5.26 Å². The van der Waals surface area contributed by atoms with Crippen molar-refractivity contribution in [3.8, 4) is 6.07 Å². The zero-order valence-electron chi connectivity index (χ0n) is 15.1. The Morgan fingerprint density at radius 3 is 2.64 bits per heavy atom. The van der Waals surface area contributed by atoms with Crippen molar-refractivity contribution >= 4 is 39.1 Å². The number of hydrogen-bond acceptors (Lipinski definition) is 4. The molecule has 0 unspecified atom stereocenters. The summed E-state index contributed by atoms with van der Waals surface area (Å²) in [4.78, 5) is -0.603. The van der Waals surface area contributed by atoms with Crippen molar-refractivity contribution in [1.82, 2.24) is 4.57 Å². The number of sulfone groups is 1. The van der Waals surface area contributed by atoms with Gasteiger partial charge in [0.05, 0.1) is 22.7 Å². The fraction of sp³-hybridized carbons (Fsp3) is 0.150. The largest absolute Gasteiger partial charge is 0.467 e. The molecule has 0 atom stereocenters. The SMILES string of the molecule is Cc1cc(/C=C(\C#N)S(=O)(=O)c2cc(Cl)ccc2Cl)c(C)n1Cc1ccco1. The van der Waals surface area contributed by atoms with Crippen LogP contribution in [0.3, 0.4) is 0 Å². The molecule has 0 saturated carbocycles. The Hall–Kier alpha value is -2.46. The predicted molar refractivity (Wildman–Crippen MR) is 109 cm³/mol. The topological polar surface area (TPSA) is 76.0 Å². The average molecular weight is 435 g/mol. The molecule has 28 heavy (non-hydrogen) atoms. The van der Waals surface area contributed by atoms with Crippen LogP contribution in [0.25, 0.3) is 6.08 Å². The summed E-state index contributed by atoms with van der Waals surface area (Å²) in [5, 5.41) is 9.75. The first kappa shape index (κ1) is 20.3. The Balaban J connectivity index is 2.06. The van der Waals surface area contributed by atoms with Crippen LogP contribution < -0.4 is 0 Å². The maximum absolute atomic E-state index is 12.9. The Morgan fingerprint density at radius 1 is 1.25 bits per heavy atom. The van der Waals surface area contributed by atoms with Crippen LogP contribution >= 0.6 is 23.2 Å². The van der Waals surface area contributed by atoms with Gasteiger partial charge in [0.25, 0.3) is 0 Å². The molecule has 0 amide bonds. The Morgan fingerprint density at radius 2 is 2.00 bits per heavy atom. The number of halogens is 2. The highest BCUT2D eigenvalue weighted by atomic mass is 35.5. The summed E-state index contributed by atoms with van der Waals surface area (Å²) in [7, 11) is -4.12. The number of furan rings is 1.